The van der Waals surface area contributed by atoms with Crippen molar-refractivity contribution in [3.05, 3.63) is 24.3 Å². The number of hydrogen-bond donors (Lipinski definition) is 2. The van der Waals surface area contributed by atoms with E-state index in [1.165, 1.54) is 20.0 Å². The molecule has 0 aliphatic heterocycles. The quantitative estimate of drug-likeness (QED) is 0.209. The Balaban J connectivity index is 1.22. The molecule has 7 nitrogen and oxygen atoms in total. The largest absolute Gasteiger partial charge is 0.497 e. The number of hydrogen-bond acceptors (Lipinski definition) is 6. The highest BCUT2D eigenvalue weighted by atomic mass is 32.1. The van der Waals surface area contributed by atoms with Gasteiger partial charge < -0.3 is 14.8 Å². The third-order valence-corrected chi connectivity index (χ3v) is 12.0. The van der Waals surface area contributed by atoms with Crippen LogP contribution in [0, 0.1) is 46.3 Å². The number of nitrogens with one attached hydrogen (secondary N) is 2. The molecular weight excluding hydrogens is 534 g/mol. The van der Waals surface area contributed by atoms with Gasteiger partial charge in [-0.25, -0.2) is 0 Å². The molecule has 1 aromatic carbocycles. The number of carbonyl (C=O) groups is 2. The highest BCUT2D eigenvalue weighted by molar-refractivity contribution is 7.80. The molecule has 5 rings (SSSR count). The molecule has 0 heterocycles. The molecule has 8 atom stereocenters. The number of hydrazone groups is 1. The van der Waals surface area contributed by atoms with Gasteiger partial charge in [0.05, 0.1) is 14.2 Å². The number of methoxy groups -OCH3 is 2. The number of ether oxygens (including phenoxy) is 2. The molecule has 4 saturated carbocycles. The van der Waals surface area contributed by atoms with Crippen LogP contribution in [-0.2, 0) is 14.3 Å². The van der Waals surface area contributed by atoms with Crippen LogP contribution in [0.4, 0.5) is 5.69 Å². The lowest BCUT2D eigenvalue weighted by Gasteiger charge is -2.60. The average molecular weight is 582 g/mol. The van der Waals surface area contributed by atoms with E-state index in [4.69, 9.17) is 21.7 Å². The summed E-state index contributed by atoms with van der Waals surface area (Å²) in [5.41, 5.74) is 5.39. The van der Waals surface area contributed by atoms with Crippen molar-refractivity contribution in [3.8, 4) is 5.75 Å². The smallest absolute Gasteiger partial charge is 0.305 e. The van der Waals surface area contributed by atoms with Crippen molar-refractivity contribution >= 4 is 40.5 Å². The first-order valence-electron chi connectivity index (χ1n) is 15.4. The number of benzene rings is 1. The maximum absolute atomic E-state index is 13.9. The van der Waals surface area contributed by atoms with Gasteiger partial charge in [-0.1, -0.05) is 20.8 Å². The van der Waals surface area contributed by atoms with Gasteiger partial charge >= 0.3 is 5.97 Å². The van der Waals surface area contributed by atoms with E-state index in [0.29, 0.717) is 53.3 Å². The molecule has 1 aromatic rings. The first kappa shape index (κ1) is 30.0. The van der Waals surface area contributed by atoms with Gasteiger partial charge in [0.15, 0.2) is 5.11 Å². The van der Waals surface area contributed by atoms with Crippen LogP contribution in [0.2, 0.25) is 0 Å². The number of fused-ring (bicyclic) bond motifs is 5. The molecule has 4 aliphatic carbocycles. The van der Waals surface area contributed by atoms with Crippen LogP contribution in [0.1, 0.15) is 85.0 Å². The average Bonchev–Trinajstić information content (AvgIpc) is 3.32. The second-order valence-electron chi connectivity index (χ2n) is 13.6. The molecule has 0 aromatic heterocycles. The molecule has 0 saturated heterocycles. The summed E-state index contributed by atoms with van der Waals surface area (Å²) in [6.07, 6.45) is 9.55. The summed E-state index contributed by atoms with van der Waals surface area (Å²) in [6, 6.07) is 7.61. The number of esters is 1. The van der Waals surface area contributed by atoms with Crippen molar-refractivity contribution in [2.45, 2.75) is 85.0 Å². The van der Waals surface area contributed by atoms with Gasteiger partial charge in [-0.05, 0) is 128 Å². The lowest BCUT2D eigenvalue weighted by molar-refractivity contribution is -0.153. The van der Waals surface area contributed by atoms with E-state index in [0.717, 1.165) is 55.7 Å². The third-order valence-electron chi connectivity index (χ3n) is 11.8. The van der Waals surface area contributed by atoms with Crippen molar-refractivity contribution in [3.63, 3.8) is 0 Å². The van der Waals surface area contributed by atoms with Crippen LogP contribution in [-0.4, -0.2) is 36.8 Å². The van der Waals surface area contributed by atoms with Gasteiger partial charge in [0.2, 0.25) is 0 Å². The first-order chi connectivity index (χ1) is 19.6. The van der Waals surface area contributed by atoms with E-state index in [2.05, 4.69) is 36.6 Å². The summed E-state index contributed by atoms with van der Waals surface area (Å²) in [4.78, 5) is 25.7. The summed E-state index contributed by atoms with van der Waals surface area (Å²) >= 11 is 5.48. The number of rotatable bonds is 7. The van der Waals surface area contributed by atoms with Crippen molar-refractivity contribution in [1.82, 2.24) is 5.43 Å². The van der Waals surface area contributed by atoms with E-state index in [1.54, 1.807) is 7.11 Å². The summed E-state index contributed by atoms with van der Waals surface area (Å²) in [6.45, 7) is 7.24. The lowest BCUT2D eigenvalue weighted by Crippen LogP contribution is -2.57. The minimum Gasteiger partial charge on any atom is -0.497 e. The van der Waals surface area contributed by atoms with Gasteiger partial charge in [0.25, 0.3) is 0 Å². The van der Waals surface area contributed by atoms with Gasteiger partial charge in [0, 0.05) is 30.2 Å². The van der Waals surface area contributed by atoms with Crippen molar-refractivity contribution in [2.75, 3.05) is 19.5 Å². The Morgan fingerprint density at radius 2 is 1.80 bits per heavy atom. The zero-order valence-electron chi connectivity index (χ0n) is 25.3. The van der Waals surface area contributed by atoms with Gasteiger partial charge in [-0.3, -0.25) is 15.0 Å². The monoisotopic (exact) mass is 581 g/mol. The zero-order valence-corrected chi connectivity index (χ0v) is 26.1. The van der Waals surface area contributed by atoms with Crippen LogP contribution in [0.15, 0.2) is 29.4 Å². The Labute approximate surface area is 250 Å². The first-order valence-corrected chi connectivity index (χ1v) is 15.9. The molecule has 2 N–H and O–H groups in total. The molecule has 0 bridgehead atoms. The van der Waals surface area contributed by atoms with E-state index in [9.17, 15) is 9.59 Å². The lowest BCUT2D eigenvalue weighted by atomic mass is 9.44. The SMILES string of the molecule is COC(=O)CC[C@@H](C)[C@H]1CC[C@H]2[C@@H]3C(=O)C[C@@H]4C/C(=N\NC(=S)Nc5ccc(OC)cc5)CC[C@]4(C)[C@H]3CC[C@]12C. The standard InChI is InChI=1S/C33H47N3O4S/c1-20(6-13-29(38)40-5)25-11-12-26-30-27(15-17-33(25,26)3)32(2)16-14-23(18-21(32)19-28(30)37)35-36-31(41)34-22-7-9-24(39-4)10-8-22/h7-10,20-21,25-27,30H,6,11-19H2,1-5H3,(H2,34,36,41)/b35-23-/t20-,21+,25-,26+,27+,30+,32+,33-/m1/s1. The fraction of sp³-hybridized carbons (Fsp3) is 0.697. The van der Waals surface area contributed by atoms with Crippen molar-refractivity contribution < 1.29 is 19.1 Å². The highest BCUT2D eigenvalue weighted by Gasteiger charge is 2.62. The number of ketones is 1. The van der Waals surface area contributed by atoms with Gasteiger partial charge in [-0.2, -0.15) is 5.10 Å². The van der Waals surface area contributed by atoms with E-state index < -0.39 is 0 Å². The maximum atomic E-state index is 13.9. The molecule has 224 valence electrons. The van der Waals surface area contributed by atoms with Crippen molar-refractivity contribution in [1.29, 1.82) is 0 Å². The molecule has 4 aliphatic rings. The van der Waals surface area contributed by atoms with Crippen LogP contribution in [0.25, 0.3) is 0 Å². The van der Waals surface area contributed by atoms with E-state index in [1.807, 2.05) is 24.3 Å². The van der Waals surface area contributed by atoms with Crippen molar-refractivity contribution in [2.24, 2.45) is 51.4 Å². The van der Waals surface area contributed by atoms with Crippen LogP contribution in [0.5, 0.6) is 5.75 Å². The van der Waals surface area contributed by atoms with Crippen LogP contribution >= 0.6 is 12.2 Å². The summed E-state index contributed by atoms with van der Waals surface area (Å²) in [7, 11) is 3.11. The molecule has 0 amide bonds. The fourth-order valence-corrected chi connectivity index (χ4v) is 9.59. The van der Waals surface area contributed by atoms with Crippen LogP contribution < -0.4 is 15.5 Å². The molecule has 0 unspecified atom stereocenters. The maximum Gasteiger partial charge on any atom is 0.305 e. The number of anilines is 1. The second-order valence-corrected chi connectivity index (χ2v) is 14.0. The highest BCUT2D eigenvalue weighted by Crippen LogP contribution is 2.67. The Morgan fingerprint density at radius 1 is 1.07 bits per heavy atom. The van der Waals surface area contributed by atoms with E-state index in [-0.39, 0.29) is 22.7 Å². The normalized spacial score (nSPS) is 36.0. The number of carbonyl (C=O) groups excluding carboxylic acids is 2. The Bertz CT molecular complexity index is 1190. The summed E-state index contributed by atoms with van der Waals surface area (Å²) in [5.74, 6) is 3.66. The zero-order chi connectivity index (χ0) is 29.4. The predicted molar refractivity (Wildman–Crippen MR) is 166 cm³/mol. The topological polar surface area (TPSA) is 89.0 Å². The number of thiocarbonyl (C=S) groups is 1. The third kappa shape index (κ3) is 5.78. The predicted octanol–water partition coefficient (Wildman–Crippen LogP) is 6.76. The second kappa shape index (κ2) is 12.0. The summed E-state index contributed by atoms with van der Waals surface area (Å²) in [5, 5.41) is 8.32. The summed E-state index contributed by atoms with van der Waals surface area (Å²) < 4.78 is 10.1. The van der Waals surface area contributed by atoms with Gasteiger partial charge in [0.1, 0.15) is 11.5 Å². The molecule has 41 heavy (non-hydrogen) atoms. The fourth-order valence-electron chi connectivity index (χ4n) is 9.43. The van der Waals surface area contributed by atoms with E-state index >= 15 is 0 Å². The van der Waals surface area contributed by atoms with Crippen LogP contribution in [0.3, 0.4) is 0 Å². The number of Topliss-reactive ketones (excluding diaryl/α,β-unsaturated/α-hetero) is 1. The minimum absolute atomic E-state index is 0.118. The Hall–Kier alpha value is -2.48. The van der Waals surface area contributed by atoms with Gasteiger partial charge in [-0.15, -0.1) is 0 Å². The number of nitrogens with zero attached hydrogens (tertiary/aromatic N) is 1. The molecule has 8 heteroatoms. The molecule has 0 radical (unpaired) electrons. The molecule has 0 spiro atoms. The Morgan fingerprint density at radius 3 is 2.51 bits per heavy atom. The molecule has 4 fully saturated rings. The minimum atomic E-state index is -0.118. The molecular formula is C33H47N3O4S. The Kier molecular flexibility index (Phi) is 8.79.